The number of carboxylic acid groups (broad SMARTS) is 1. The molecule has 0 saturated carbocycles. The van der Waals surface area contributed by atoms with Crippen molar-refractivity contribution in [3.8, 4) is 17.0 Å². The molecule has 0 radical (unpaired) electrons. The fraction of sp³-hybridized carbons (Fsp3) is 0. The summed E-state index contributed by atoms with van der Waals surface area (Å²) in [7, 11) is 0. The summed E-state index contributed by atoms with van der Waals surface area (Å²) < 4.78 is 0.696. The van der Waals surface area contributed by atoms with Crippen molar-refractivity contribution in [1.29, 1.82) is 0 Å². The van der Waals surface area contributed by atoms with Crippen molar-refractivity contribution in [1.82, 2.24) is 4.98 Å². The van der Waals surface area contributed by atoms with E-state index in [9.17, 15) is 15.0 Å². The van der Waals surface area contributed by atoms with E-state index in [1.54, 1.807) is 42.5 Å². The molecule has 0 atom stereocenters. The van der Waals surface area contributed by atoms with Gasteiger partial charge in [-0.1, -0.05) is 22.0 Å². The van der Waals surface area contributed by atoms with Crippen LogP contribution in [0, 0.1) is 0 Å². The molecule has 0 spiro atoms. The lowest BCUT2D eigenvalue weighted by molar-refractivity contribution is 0.0699. The molecular formula is C16H10BrNO3. The van der Waals surface area contributed by atoms with E-state index in [0.29, 0.717) is 21.1 Å². The van der Waals surface area contributed by atoms with Crippen LogP contribution in [0.2, 0.25) is 0 Å². The molecule has 1 aromatic heterocycles. The standard InChI is InChI=1S/C16H10BrNO3/c17-12-2-1-3-13-15(12)11(16(20)21)8-14(18-13)9-4-6-10(19)7-5-9/h1-8,19H,(H,20,21). The third-order valence-corrected chi connectivity index (χ3v) is 3.84. The minimum Gasteiger partial charge on any atom is -0.508 e. The van der Waals surface area contributed by atoms with Crippen LogP contribution in [0.5, 0.6) is 5.75 Å². The van der Waals surface area contributed by atoms with Crippen molar-refractivity contribution >= 4 is 32.8 Å². The highest BCUT2D eigenvalue weighted by molar-refractivity contribution is 9.10. The van der Waals surface area contributed by atoms with Gasteiger partial charge in [-0.05, 0) is 42.5 Å². The molecule has 0 saturated heterocycles. The van der Waals surface area contributed by atoms with E-state index in [2.05, 4.69) is 20.9 Å². The lowest BCUT2D eigenvalue weighted by atomic mass is 10.0. The number of hydrogen-bond donors (Lipinski definition) is 2. The number of benzene rings is 2. The summed E-state index contributed by atoms with van der Waals surface area (Å²) in [6.45, 7) is 0. The van der Waals surface area contributed by atoms with Crippen molar-refractivity contribution in [2.24, 2.45) is 0 Å². The van der Waals surface area contributed by atoms with Crippen LogP contribution in [0.1, 0.15) is 10.4 Å². The molecule has 0 amide bonds. The molecule has 2 aromatic carbocycles. The molecule has 21 heavy (non-hydrogen) atoms. The summed E-state index contributed by atoms with van der Waals surface area (Å²) in [6.07, 6.45) is 0. The van der Waals surface area contributed by atoms with Crippen LogP contribution in [0.15, 0.2) is 53.0 Å². The van der Waals surface area contributed by atoms with Crippen molar-refractivity contribution in [2.75, 3.05) is 0 Å². The van der Waals surface area contributed by atoms with Gasteiger partial charge in [-0.3, -0.25) is 0 Å². The monoisotopic (exact) mass is 343 g/mol. The van der Waals surface area contributed by atoms with Gasteiger partial charge < -0.3 is 10.2 Å². The highest BCUT2D eigenvalue weighted by Gasteiger charge is 2.15. The number of aromatic nitrogens is 1. The maximum atomic E-state index is 11.5. The van der Waals surface area contributed by atoms with Crippen molar-refractivity contribution in [2.45, 2.75) is 0 Å². The maximum absolute atomic E-state index is 11.5. The highest BCUT2D eigenvalue weighted by atomic mass is 79.9. The number of halogens is 1. The largest absolute Gasteiger partial charge is 0.508 e. The Kier molecular flexibility index (Phi) is 3.35. The molecule has 4 nitrogen and oxygen atoms in total. The predicted molar refractivity (Wildman–Crippen MR) is 83.5 cm³/mol. The average Bonchev–Trinajstić information content (AvgIpc) is 2.47. The van der Waals surface area contributed by atoms with Gasteiger partial charge >= 0.3 is 5.97 Å². The third kappa shape index (κ3) is 2.48. The van der Waals surface area contributed by atoms with Gasteiger partial charge in [-0.2, -0.15) is 0 Å². The van der Waals surface area contributed by atoms with Crippen LogP contribution < -0.4 is 0 Å². The average molecular weight is 344 g/mol. The third-order valence-electron chi connectivity index (χ3n) is 3.18. The Morgan fingerprint density at radius 1 is 1.10 bits per heavy atom. The van der Waals surface area contributed by atoms with Crippen LogP contribution in [0.3, 0.4) is 0 Å². The van der Waals surface area contributed by atoms with Gasteiger partial charge in [0.15, 0.2) is 0 Å². The van der Waals surface area contributed by atoms with E-state index in [1.807, 2.05) is 6.07 Å². The number of carboxylic acids is 1. The van der Waals surface area contributed by atoms with E-state index < -0.39 is 5.97 Å². The number of fused-ring (bicyclic) bond motifs is 1. The molecule has 0 unspecified atom stereocenters. The van der Waals surface area contributed by atoms with Crippen LogP contribution in [-0.2, 0) is 0 Å². The van der Waals surface area contributed by atoms with Gasteiger partial charge in [-0.25, -0.2) is 9.78 Å². The summed E-state index contributed by atoms with van der Waals surface area (Å²) in [5.74, 6) is -0.852. The quantitative estimate of drug-likeness (QED) is 0.735. The Morgan fingerprint density at radius 2 is 1.81 bits per heavy atom. The molecule has 3 aromatic rings. The number of phenolic OH excluding ortho intramolecular Hbond substituents is 1. The molecule has 0 aliphatic heterocycles. The van der Waals surface area contributed by atoms with Gasteiger partial charge in [0.05, 0.1) is 16.8 Å². The second kappa shape index (κ2) is 5.18. The number of aromatic hydroxyl groups is 1. The fourth-order valence-corrected chi connectivity index (χ4v) is 2.76. The lowest BCUT2D eigenvalue weighted by Gasteiger charge is -2.08. The summed E-state index contributed by atoms with van der Waals surface area (Å²) in [5.41, 5.74) is 2.10. The number of pyridine rings is 1. The van der Waals surface area contributed by atoms with Crippen molar-refractivity contribution < 1.29 is 15.0 Å². The smallest absolute Gasteiger partial charge is 0.336 e. The minimum absolute atomic E-state index is 0.153. The van der Waals surface area contributed by atoms with Gasteiger partial charge in [0, 0.05) is 15.4 Å². The number of phenols is 1. The topological polar surface area (TPSA) is 70.4 Å². The van der Waals surface area contributed by atoms with E-state index in [1.165, 1.54) is 0 Å². The van der Waals surface area contributed by atoms with Gasteiger partial charge in [-0.15, -0.1) is 0 Å². The van der Waals surface area contributed by atoms with Gasteiger partial charge in [0.25, 0.3) is 0 Å². The van der Waals surface area contributed by atoms with E-state index in [4.69, 9.17) is 0 Å². The molecule has 1 heterocycles. The van der Waals surface area contributed by atoms with Crippen molar-refractivity contribution in [3.63, 3.8) is 0 Å². The molecule has 0 fully saturated rings. The second-order valence-electron chi connectivity index (χ2n) is 4.54. The fourth-order valence-electron chi connectivity index (χ4n) is 2.19. The molecule has 0 aliphatic rings. The van der Waals surface area contributed by atoms with E-state index in [-0.39, 0.29) is 11.3 Å². The molecular weight excluding hydrogens is 334 g/mol. The number of carbonyl (C=O) groups is 1. The van der Waals surface area contributed by atoms with E-state index >= 15 is 0 Å². The lowest BCUT2D eigenvalue weighted by Crippen LogP contribution is -2.00. The normalized spacial score (nSPS) is 10.7. The molecule has 2 N–H and O–H groups in total. The SMILES string of the molecule is O=C(O)c1cc(-c2ccc(O)cc2)nc2cccc(Br)c12. The first-order valence-electron chi connectivity index (χ1n) is 6.18. The Morgan fingerprint density at radius 3 is 2.48 bits per heavy atom. The molecule has 104 valence electrons. The van der Waals surface area contributed by atoms with Crippen LogP contribution in [0.4, 0.5) is 0 Å². The van der Waals surface area contributed by atoms with Crippen LogP contribution in [-0.4, -0.2) is 21.2 Å². The van der Waals surface area contributed by atoms with Crippen LogP contribution in [0.25, 0.3) is 22.2 Å². The number of rotatable bonds is 2. The number of nitrogens with zero attached hydrogens (tertiary/aromatic N) is 1. The number of hydrogen-bond acceptors (Lipinski definition) is 3. The first kappa shape index (κ1) is 13.6. The first-order chi connectivity index (χ1) is 10.1. The van der Waals surface area contributed by atoms with Gasteiger partial charge in [0.1, 0.15) is 5.75 Å². The minimum atomic E-state index is -1.01. The Balaban J connectivity index is 2.31. The highest BCUT2D eigenvalue weighted by Crippen LogP contribution is 2.30. The first-order valence-corrected chi connectivity index (χ1v) is 6.97. The number of aromatic carboxylic acids is 1. The van der Waals surface area contributed by atoms with E-state index in [0.717, 1.165) is 5.56 Å². The molecule has 0 bridgehead atoms. The second-order valence-corrected chi connectivity index (χ2v) is 5.40. The Hall–Kier alpha value is -2.40. The Labute approximate surface area is 128 Å². The van der Waals surface area contributed by atoms with Crippen molar-refractivity contribution in [3.05, 3.63) is 58.6 Å². The molecule has 3 rings (SSSR count). The summed E-state index contributed by atoms with van der Waals surface area (Å²) in [5, 5.41) is 19.3. The van der Waals surface area contributed by atoms with Crippen LogP contribution >= 0.6 is 15.9 Å². The molecule has 5 heteroatoms. The zero-order valence-electron chi connectivity index (χ0n) is 10.7. The zero-order chi connectivity index (χ0) is 15.0. The maximum Gasteiger partial charge on any atom is 0.336 e. The Bertz CT molecular complexity index is 844. The summed E-state index contributed by atoms with van der Waals surface area (Å²) >= 11 is 3.37. The summed E-state index contributed by atoms with van der Waals surface area (Å²) in [4.78, 5) is 16.0. The molecule has 0 aliphatic carbocycles. The summed E-state index contributed by atoms with van der Waals surface area (Å²) in [6, 6.07) is 13.4. The van der Waals surface area contributed by atoms with Gasteiger partial charge in [0.2, 0.25) is 0 Å². The zero-order valence-corrected chi connectivity index (χ0v) is 12.3. The predicted octanol–water partition coefficient (Wildman–Crippen LogP) is 4.07.